The van der Waals surface area contributed by atoms with Crippen LogP contribution in [0.1, 0.15) is 42.6 Å². The second kappa shape index (κ2) is 10.5. The van der Waals surface area contributed by atoms with E-state index in [1.165, 1.54) is 0 Å². The molecule has 1 aromatic carbocycles. The van der Waals surface area contributed by atoms with E-state index in [2.05, 4.69) is 16.0 Å². The van der Waals surface area contributed by atoms with E-state index in [1.54, 1.807) is 0 Å². The molecule has 0 aliphatic heterocycles. The van der Waals surface area contributed by atoms with Crippen LogP contribution in [0, 0.1) is 5.92 Å². The van der Waals surface area contributed by atoms with Crippen LogP contribution in [0.3, 0.4) is 0 Å². The lowest BCUT2D eigenvalue weighted by Crippen LogP contribution is -2.40. The van der Waals surface area contributed by atoms with Crippen molar-refractivity contribution >= 4 is 17.7 Å². The van der Waals surface area contributed by atoms with E-state index < -0.39 is 23.6 Å². The normalized spacial score (nSPS) is 11.2. The average molecular weight is 387 g/mol. The maximum absolute atomic E-state index is 12.5. The molecular weight excluding hydrogens is 363 g/mol. The molecule has 0 aliphatic carbocycles. The number of halogens is 3. The summed E-state index contributed by atoms with van der Waals surface area (Å²) in [4.78, 5) is 34.9. The number of carbonyl (C=O) groups is 3. The van der Waals surface area contributed by atoms with Gasteiger partial charge in [-0.15, -0.1) is 0 Å². The highest BCUT2D eigenvalue weighted by atomic mass is 19.4. The van der Waals surface area contributed by atoms with E-state index in [0.717, 1.165) is 30.7 Å². The van der Waals surface area contributed by atoms with Crippen molar-refractivity contribution < 1.29 is 27.6 Å². The minimum absolute atomic E-state index is 0.0896. The Morgan fingerprint density at radius 2 is 1.52 bits per heavy atom. The molecule has 0 aromatic heterocycles. The van der Waals surface area contributed by atoms with Crippen molar-refractivity contribution in [2.24, 2.45) is 5.92 Å². The van der Waals surface area contributed by atoms with Crippen LogP contribution in [0.2, 0.25) is 0 Å². The number of benzene rings is 1. The molecule has 0 heterocycles. The molecule has 0 radical (unpaired) electrons. The Balaban J connectivity index is 2.24. The molecule has 1 rings (SSSR count). The van der Waals surface area contributed by atoms with Gasteiger partial charge >= 0.3 is 6.18 Å². The van der Waals surface area contributed by atoms with Crippen molar-refractivity contribution in [3.05, 3.63) is 35.4 Å². The number of amides is 3. The van der Waals surface area contributed by atoms with Crippen LogP contribution in [-0.4, -0.2) is 37.4 Å². The van der Waals surface area contributed by atoms with Gasteiger partial charge in [-0.05, 0) is 36.6 Å². The van der Waals surface area contributed by atoms with E-state index in [4.69, 9.17) is 0 Å². The lowest BCUT2D eigenvalue weighted by Gasteiger charge is -2.10. The maximum atomic E-state index is 12.5. The largest absolute Gasteiger partial charge is 0.416 e. The van der Waals surface area contributed by atoms with Gasteiger partial charge in [-0.1, -0.05) is 13.8 Å². The fourth-order valence-electron chi connectivity index (χ4n) is 2.04. The van der Waals surface area contributed by atoms with E-state index in [0.29, 0.717) is 12.3 Å². The van der Waals surface area contributed by atoms with Crippen molar-refractivity contribution in [2.45, 2.75) is 32.9 Å². The van der Waals surface area contributed by atoms with Crippen LogP contribution in [0.5, 0.6) is 0 Å². The summed E-state index contributed by atoms with van der Waals surface area (Å²) in [7, 11) is 0. The maximum Gasteiger partial charge on any atom is 0.416 e. The zero-order valence-corrected chi connectivity index (χ0v) is 15.3. The summed E-state index contributed by atoms with van der Waals surface area (Å²) < 4.78 is 37.4. The summed E-state index contributed by atoms with van der Waals surface area (Å²) in [5, 5.41) is 7.51. The predicted octanol–water partition coefficient (Wildman–Crippen LogP) is 2.10. The molecule has 0 saturated heterocycles. The van der Waals surface area contributed by atoms with Gasteiger partial charge in [0.2, 0.25) is 11.8 Å². The van der Waals surface area contributed by atoms with E-state index in [1.807, 2.05) is 13.8 Å². The van der Waals surface area contributed by atoms with Crippen molar-refractivity contribution in [1.29, 1.82) is 0 Å². The van der Waals surface area contributed by atoms with Gasteiger partial charge in [0.1, 0.15) is 0 Å². The van der Waals surface area contributed by atoms with Crippen LogP contribution in [0.25, 0.3) is 0 Å². The topological polar surface area (TPSA) is 87.3 Å². The Hall–Kier alpha value is -2.58. The Labute approximate surface area is 155 Å². The molecule has 0 fully saturated rings. The molecule has 3 amide bonds. The molecule has 9 heteroatoms. The fourth-order valence-corrected chi connectivity index (χ4v) is 2.04. The summed E-state index contributed by atoms with van der Waals surface area (Å²) in [5.41, 5.74) is -0.742. The summed E-state index contributed by atoms with van der Waals surface area (Å²) in [6.45, 7) is 4.08. The first-order chi connectivity index (χ1) is 12.6. The van der Waals surface area contributed by atoms with Crippen LogP contribution in [0.4, 0.5) is 13.2 Å². The summed E-state index contributed by atoms with van der Waals surface area (Å²) >= 11 is 0. The second-order valence-electron chi connectivity index (χ2n) is 6.39. The Bertz CT molecular complexity index is 643. The van der Waals surface area contributed by atoms with Crippen molar-refractivity contribution in [1.82, 2.24) is 16.0 Å². The molecule has 0 spiro atoms. The van der Waals surface area contributed by atoms with Gasteiger partial charge in [-0.25, -0.2) is 0 Å². The number of alkyl halides is 3. The lowest BCUT2D eigenvalue weighted by molar-refractivity contribution is -0.137. The standard InChI is InChI=1S/C18H24F3N3O3/c1-12(2)3-8-15(25)24-11-16(26)22-9-10-23-17(27)13-4-6-14(7-5-13)18(19,20)21/h4-7,12H,3,8-11H2,1-2H3,(H,22,26)(H,23,27)(H,24,25). The fraction of sp³-hybridized carbons (Fsp3) is 0.500. The number of nitrogens with one attached hydrogen (secondary N) is 3. The molecule has 150 valence electrons. The zero-order valence-electron chi connectivity index (χ0n) is 15.3. The Morgan fingerprint density at radius 1 is 0.926 bits per heavy atom. The number of rotatable bonds is 9. The molecule has 6 nitrogen and oxygen atoms in total. The summed E-state index contributed by atoms with van der Waals surface area (Å²) in [5.74, 6) is -0.732. The highest BCUT2D eigenvalue weighted by molar-refractivity contribution is 5.94. The van der Waals surface area contributed by atoms with E-state index >= 15 is 0 Å². The van der Waals surface area contributed by atoms with Crippen LogP contribution < -0.4 is 16.0 Å². The van der Waals surface area contributed by atoms with Crippen molar-refractivity contribution in [2.75, 3.05) is 19.6 Å². The number of hydrogen-bond acceptors (Lipinski definition) is 3. The molecule has 1 aromatic rings. The second-order valence-corrected chi connectivity index (χ2v) is 6.39. The van der Waals surface area contributed by atoms with Gasteiger partial charge in [0.25, 0.3) is 5.91 Å². The summed E-state index contributed by atoms with van der Waals surface area (Å²) in [6.07, 6.45) is -3.36. The smallest absolute Gasteiger partial charge is 0.353 e. The minimum atomic E-state index is -4.45. The molecule has 27 heavy (non-hydrogen) atoms. The third-order valence-corrected chi connectivity index (χ3v) is 3.60. The molecular formula is C18H24F3N3O3. The van der Waals surface area contributed by atoms with Crippen molar-refractivity contribution in [3.8, 4) is 0 Å². The SMILES string of the molecule is CC(C)CCC(=O)NCC(=O)NCCNC(=O)c1ccc(C(F)(F)F)cc1. The van der Waals surface area contributed by atoms with Crippen LogP contribution in [0.15, 0.2) is 24.3 Å². The van der Waals surface area contributed by atoms with Crippen molar-refractivity contribution in [3.63, 3.8) is 0 Å². The molecule has 0 bridgehead atoms. The van der Waals surface area contributed by atoms with Crippen LogP contribution in [-0.2, 0) is 15.8 Å². The van der Waals surface area contributed by atoms with Gasteiger partial charge in [-0.2, -0.15) is 13.2 Å². The number of carbonyl (C=O) groups excluding carboxylic acids is 3. The lowest BCUT2D eigenvalue weighted by atomic mass is 10.1. The van der Waals surface area contributed by atoms with Crippen LogP contribution >= 0.6 is 0 Å². The average Bonchev–Trinajstić information content (AvgIpc) is 2.61. The van der Waals surface area contributed by atoms with E-state index in [-0.39, 0.29) is 31.1 Å². The third kappa shape index (κ3) is 9.07. The van der Waals surface area contributed by atoms with Gasteiger partial charge in [-0.3, -0.25) is 14.4 Å². The first-order valence-corrected chi connectivity index (χ1v) is 8.58. The molecule has 0 saturated carbocycles. The molecule has 0 atom stereocenters. The van der Waals surface area contributed by atoms with Gasteiger partial charge < -0.3 is 16.0 Å². The first-order valence-electron chi connectivity index (χ1n) is 8.58. The third-order valence-electron chi connectivity index (χ3n) is 3.60. The summed E-state index contributed by atoms with van der Waals surface area (Å²) in [6, 6.07) is 3.84. The van der Waals surface area contributed by atoms with Gasteiger partial charge in [0, 0.05) is 25.1 Å². The Kier molecular flexibility index (Phi) is 8.77. The van der Waals surface area contributed by atoms with Gasteiger partial charge in [0.05, 0.1) is 12.1 Å². The first kappa shape index (κ1) is 22.5. The quantitative estimate of drug-likeness (QED) is 0.567. The molecule has 0 unspecified atom stereocenters. The van der Waals surface area contributed by atoms with Gasteiger partial charge in [0.15, 0.2) is 0 Å². The highest BCUT2D eigenvalue weighted by Crippen LogP contribution is 2.28. The zero-order chi connectivity index (χ0) is 20.4. The molecule has 3 N–H and O–H groups in total. The highest BCUT2D eigenvalue weighted by Gasteiger charge is 2.30. The molecule has 0 aliphatic rings. The number of hydrogen-bond donors (Lipinski definition) is 3. The minimum Gasteiger partial charge on any atom is -0.353 e. The predicted molar refractivity (Wildman–Crippen MR) is 93.9 cm³/mol. The van der Waals surface area contributed by atoms with E-state index in [9.17, 15) is 27.6 Å². The monoisotopic (exact) mass is 387 g/mol. The Morgan fingerprint density at radius 3 is 2.07 bits per heavy atom.